The molecule has 1 unspecified atom stereocenters. The Morgan fingerprint density at radius 2 is 2.06 bits per heavy atom. The summed E-state index contributed by atoms with van der Waals surface area (Å²) in [4.78, 5) is 13.0. The summed E-state index contributed by atoms with van der Waals surface area (Å²) < 4.78 is 5.14. The van der Waals surface area contributed by atoms with Crippen molar-refractivity contribution in [2.75, 3.05) is 13.1 Å². The molecular weight excluding hydrogens is 208 g/mol. The summed E-state index contributed by atoms with van der Waals surface area (Å²) in [6.07, 6.45) is -0.442. The zero-order chi connectivity index (χ0) is 12.6. The molecule has 1 amide bonds. The third-order valence-corrected chi connectivity index (χ3v) is 2.58. The van der Waals surface area contributed by atoms with Crippen LogP contribution < -0.4 is 0 Å². The molecule has 1 aliphatic heterocycles. The van der Waals surface area contributed by atoms with Gasteiger partial charge in [0, 0.05) is 0 Å². The van der Waals surface area contributed by atoms with Gasteiger partial charge in [-0.25, -0.2) is 4.79 Å². The smallest absolute Gasteiger partial charge is 0.410 e. The first-order valence-electron chi connectivity index (χ1n) is 5.28. The van der Waals surface area contributed by atoms with E-state index in [4.69, 9.17) is 10.00 Å². The van der Waals surface area contributed by atoms with Crippen LogP contribution in [0, 0.1) is 17.2 Å². The molecule has 16 heavy (non-hydrogen) atoms. The van der Waals surface area contributed by atoms with Gasteiger partial charge in [0.1, 0.15) is 11.2 Å². The monoisotopic (exact) mass is 226 g/mol. The summed E-state index contributed by atoms with van der Waals surface area (Å²) in [6, 6.07) is 1.99. The van der Waals surface area contributed by atoms with Crippen molar-refractivity contribution in [1.82, 2.24) is 4.90 Å². The zero-order valence-corrected chi connectivity index (χ0v) is 10.1. The quantitative estimate of drug-likeness (QED) is 0.727. The van der Waals surface area contributed by atoms with Crippen molar-refractivity contribution >= 4 is 6.09 Å². The maximum Gasteiger partial charge on any atom is 0.410 e. The van der Waals surface area contributed by atoms with E-state index in [1.165, 1.54) is 4.90 Å². The van der Waals surface area contributed by atoms with Gasteiger partial charge in [0.05, 0.1) is 25.1 Å². The van der Waals surface area contributed by atoms with Crippen molar-refractivity contribution < 1.29 is 14.6 Å². The second-order valence-corrected chi connectivity index (χ2v) is 5.29. The van der Waals surface area contributed by atoms with Crippen molar-refractivity contribution in [2.24, 2.45) is 5.92 Å². The van der Waals surface area contributed by atoms with E-state index in [-0.39, 0.29) is 13.1 Å². The third kappa shape index (κ3) is 2.64. The maximum atomic E-state index is 11.5. The number of hydrogen-bond acceptors (Lipinski definition) is 4. The molecule has 0 aromatic carbocycles. The van der Waals surface area contributed by atoms with E-state index in [9.17, 15) is 9.90 Å². The first kappa shape index (κ1) is 12.8. The third-order valence-electron chi connectivity index (χ3n) is 2.58. The molecule has 5 nitrogen and oxygen atoms in total. The second kappa shape index (κ2) is 3.95. The fourth-order valence-electron chi connectivity index (χ4n) is 1.46. The first-order chi connectivity index (χ1) is 7.18. The van der Waals surface area contributed by atoms with Crippen molar-refractivity contribution in [3.05, 3.63) is 0 Å². The highest BCUT2D eigenvalue weighted by Gasteiger charge is 2.48. The number of likely N-dealkylation sites (tertiary alicyclic amines) is 1. The van der Waals surface area contributed by atoms with Crippen LogP contribution in [0.25, 0.3) is 0 Å². The zero-order valence-electron chi connectivity index (χ0n) is 10.1. The summed E-state index contributed by atoms with van der Waals surface area (Å²) in [5, 5.41) is 18.6. The van der Waals surface area contributed by atoms with E-state index >= 15 is 0 Å². The number of rotatable bonds is 1. The molecule has 1 N–H and O–H groups in total. The predicted molar refractivity (Wildman–Crippen MR) is 57.5 cm³/mol. The molecule has 0 aromatic heterocycles. The average Bonchev–Trinajstić information content (AvgIpc) is 2.08. The lowest BCUT2D eigenvalue weighted by Gasteiger charge is -2.47. The number of aliphatic hydroxyl groups is 1. The van der Waals surface area contributed by atoms with Crippen LogP contribution in [0.15, 0.2) is 0 Å². The van der Waals surface area contributed by atoms with Gasteiger partial charge in [0.25, 0.3) is 0 Å². The molecule has 0 bridgehead atoms. The van der Waals surface area contributed by atoms with Crippen molar-refractivity contribution in [3.8, 4) is 6.07 Å². The van der Waals surface area contributed by atoms with Gasteiger partial charge < -0.3 is 14.7 Å². The van der Waals surface area contributed by atoms with Crippen LogP contribution in [0.5, 0.6) is 0 Å². The number of hydrogen-bond donors (Lipinski definition) is 1. The molecule has 0 saturated carbocycles. The Kier molecular flexibility index (Phi) is 3.15. The van der Waals surface area contributed by atoms with Gasteiger partial charge in [-0.15, -0.1) is 0 Å². The van der Waals surface area contributed by atoms with Crippen LogP contribution in [-0.4, -0.2) is 40.4 Å². The normalized spacial score (nSPS) is 20.6. The minimum atomic E-state index is -1.08. The molecule has 1 aliphatic rings. The molecule has 0 spiro atoms. The standard InChI is InChI=1S/C11H18N2O3/c1-8(5-12)11(15)6-13(7-11)9(14)16-10(2,3)4/h8,15H,6-7H2,1-4H3. The van der Waals surface area contributed by atoms with E-state index in [0.29, 0.717) is 0 Å². The lowest BCUT2D eigenvalue weighted by atomic mass is 9.83. The molecular formula is C11H18N2O3. The molecule has 1 fully saturated rings. The number of carbonyl (C=O) groups excluding carboxylic acids is 1. The molecule has 1 heterocycles. The second-order valence-electron chi connectivity index (χ2n) is 5.29. The maximum absolute atomic E-state index is 11.5. The number of amides is 1. The molecule has 1 saturated heterocycles. The average molecular weight is 226 g/mol. The lowest BCUT2D eigenvalue weighted by molar-refractivity contribution is -0.116. The van der Waals surface area contributed by atoms with Crippen LogP contribution >= 0.6 is 0 Å². The number of β-amino-alcohol motifs (C(OH)–C–C–N with tert-alkyl or cyclic N) is 1. The van der Waals surface area contributed by atoms with Gasteiger partial charge in [0.2, 0.25) is 0 Å². The molecule has 1 atom stereocenters. The Bertz CT molecular complexity index is 321. The highest BCUT2D eigenvalue weighted by Crippen LogP contribution is 2.29. The Hall–Kier alpha value is -1.28. The Balaban J connectivity index is 2.48. The van der Waals surface area contributed by atoms with Crippen molar-refractivity contribution in [1.29, 1.82) is 5.26 Å². The van der Waals surface area contributed by atoms with Crippen LogP contribution in [-0.2, 0) is 4.74 Å². The predicted octanol–water partition coefficient (Wildman–Crippen LogP) is 1.13. The van der Waals surface area contributed by atoms with Gasteiger partial charge in [-0.2, -0.15) is 5.26 Å². The minimum absolute atomic E-state index is 0.163. The van der Waals surface area contributed by atoms with E-state index in [1.807, 2.05) is 6.07 Å². The van der Waals surface area contributed by atoms with Crippen LogP contribution in [0.3, 0.4) is 0 Å². The van der Waals surface area contributed by atoms with E-state index in [2.05, 4.69) is 0 Å². The topological polar surface area (TPSA) is 73.6 Å². The van der Waals surface area contributed by atoms with Crippen molar-refractivity contribution in [3.63, 3.8) is 0 Å². The molecule has 0 aliphatic carbocycles. The largest absolute Gasteiger partial charge is 0.444 e. The highest BCUT2D eigenvalue weighted by atomic mass is 16.6. The Labute approximate surface area is 95.6 Å². The van der Waals surface area contributed by atoms with Gasteiger partial charge in [-0.3, -0.25) is 0 Å². The van der Waals surface area contributed by atoms with E-state index < -0.39 is 23.2 Å². The molecule has 1 rings (SSSR count). The fourth-order valence-corrected chi connectivity index (χ4v) is 1.46. The summed E-state index contributed by atoms with van der Waals surface area (Å²) in [6.45, 7) is 7.33. The Morgan fingerprint density at radius 1 is 1.56 bits per heavy atom. The summed E-state index contributed by atoms with van der Waals surface area (Å²) in [5.41, 5.74) is -1.61. The lowest BCUT2D eigenvalue weighted by Crippen LogP contribution is -2.66. The number of nitrogens with zero attached hydrogens (tertiary/aromatic N) is 2. The van der Waals surface area contributed by atoms with Crippen LogP contribution in [0.1, 0.15) is 27.7 Å². The number of nitriles is 1. The Morgan fingerprint density at radius 3 is 2.44 bits per heavy atom. The minimum Gasteiger partial charge on any atom is -0.444 e. The van der Waals surface area contributed by atoms with Crippen LogP contribution in [0.2, 0.25) is 0 Å². The number of ether oxygens (including phenoxy) is 1. The van der Waals surface area contributed by atoms with Crippen molar-refractivity contribution in [2.45, 2.75) is 38.9 Å². The van der Waals surface area contributed by atoms with Gasteiger partial charge in [-0.05, 0) is 27.7 Å². The van der Waals surface area contributed by atoms with Crippen LogP contribution in [0.4, 0.5) is 4.79 Å². The number of carbonyl (C=O) groups is 1. The summed E-state index contributed by atoms with van der Waals surface area (Å²) in [7, 11) is 0. The van der Waals surface area contributed by atoms with Gasteiger partial charge in [0.15, 0.2) is 0 Å². The van der Waals surface area contributed by atoms with Gasteiger partial charge >= 0.3 is 6.09 Å². The SMILES string of the molecule is CC(C#N)C1(O)CN(C(=O)OC(C)(C)C)C1. The highest BCUT2D eigenvalue weighted by molar-refractivity contribution is 5.69. The molecule has 0 aromatic rings. The van der Waals surface area contributed by atoms with Gasteiger partial charge in [-0.1, -0.05) is 0 Å². The van der Waals surface area contributed by atoms with E-state index in [1.54, 1.807) is 27.7 Å². The first-order valence-corrected chi connectivity index (χ1v) is 5.28. The fraction of sp³-hybridized carbons (Fsp3) is 0.818. The molecule has 0 radical (unpaired) electrons. The summed E-state index contributed by atoms with van der Waals surface area (Å²) in [5.74, 6) is -0.480. The molecule has 5 heteroatoms. The molecule has 90 valence electrons. The summed E-state index contributed by atoms with van der Waals surface area (Å²) >= 11 is 0. The van der Waals surface area contributed by atoms with E-state index in [0.717, 1.165) is 0 Å².